The van der Waals surface area contributed by atoms with Crippen LogP contribution < -0.4 is 0 Å². The van der Waals surface area contributed by atoms with Gasteiger partial charge in [0, 0.05) is 39.1 Å². The molecule has 0 radical (unpaired) electrons. The molecule has 0 aromatic rings. The molecule has 0 aromatic heterocycles. The summed E-state index contributed by atoms with van der Waals surface area (Å²) in [4.78, 5) is 29.1. The smallest absolute Gasteiger partial charge is 0.320 e. The number of carboxylic acid groups (broad SMARTS) is 1. The van der Waals surface area contributed by atoms with E-state index in [9.17, 15) is 9.59 Å². The second-order valence-electron chi connectivity index (χ2n) is 6.10. The lowest BCUT2D eigenvalue weighted by Crippen LogP contribution is -2.48. The SMILES string of the molecule is CCCN(CCN(C)C)C(=O)N1CCC(CC(=O)O)CC1. The van der Waals surface area contributed by atoms with Crippen molar-refractivity contribution in [2.24, 2.45) is 5.92 Å². The molecule has 1 rings (SSSR count). The first-order chi connectivity index (χ1) is 9.93. The van der Waals surface area contributed by atoms with Crippen molar-refractivity contribution in [1.82, 2.24) is 14.7 Å². The first-order valence-electron chi connectivity index (χ1n) is 7.84. The van der Waals surface area contributed by atoms with Crippen molar-refractivity contribution >= 4 is 12.0 Å². The fraction of sp³-hybridized carbons (Fsp3) is 0.867. The minimum absolute atomic E-state index is 0.104. The highest BCUT2D eigenvalue weighted by atomic mass is 16.4. The second-order valence-corrected chi connectivity index (χ2v) is 6.10. The summed E-state index contributed by atoms with van der Waals surface area (Å²) in [6.45, 7) is 5.82. The lowest BCUT2D eigenvalue weighted by atomic mass is 9.94. The Morgan fingerprint density at radius 1 is 1.14 bits per heavy atom. The Kier molecular flexibility index (Phi) is 7.50. The lowest BCUT2D eigenvalue weighted by molar-refractivity contribution is -0.138. The number of hydrogen-bond donors (Lipinski definition) is 1. The number of amides is 2. The van der Waals surface area contributed by atoms with E-state index in [1.165, 1.54) is 0 Å². The highest BCUT2D eigenvalue weighted by Gasteiger charge is 2.26. The van der Waals surface area contributed by atoms with Crippen molar-refractivity contribution in [2.75, 3.05) is 46.8 Å². The Labute approximate surface area is 127 Å². The van der Waals surface area contributed by atoms with Crippen LogP contribution in [0, 0.1) is 5.92 Å². The summed E-state index contributed by atoms with van der Waals surface area (Å²) >= 11 is 0. The molecule has 0 bridgehead atoms. The van der Waals surface area contributed by atoms with Gasteiger partial charge in [-0.3, -0.25) is 4.79 Å². The molecule has 0 unspecified atom stereocenters. The summed E-state index contributed by atoms with van der Waals surface area (Å²) in [5.74, 6) is -0.522. The Bertz CT molecular complexity index is 339. The van der Waals surface area contributed by atoms with E-state index >= 15 is 0 Å². The molecular formula is C15H29N3O3. The van der Waals surface area contributed by atoms with Gasteiger partial charge < -0.3 is 19.8 Å². The number of carbonyl (C=O) groups excluding carboxylic acids is 1. The van der Waals surface area contributed by atoms with Gasteiger partial charge in [0.15, 0.2) is 0 Å². The number of hydrogen-bond acceptors (Lipinski definition) is 3. The zero-order chi connectivity index (χ0) is 15.8. The van der Waals surface area contributed by atoms with Gasteiger partial charge in [-0.15, -0.1) is 0 Å². The van der Waals surface area contributed by atoms with E-state index in [1.54, 1.807) is 0 Å². The maximum Gasteiger partial charge on any atom is 0.320 e. The average molecular weight is 299 g/mol. The maximum absolute atomic E-state index is 12.5. The van der Waals surface area contributed by atoms with Crippen molar-refractivity contribution in [3.8, 4) is 0 Å². The van der Waals surface area contributed by atoms with Gasteiger partial charge in [0.1, 0.15) is 0 Å². The topological polar surface area (TPSA) is 64.1 Å². The second kappa shape index (κ2) is 8.87. The molecule has 21 heavy (non-hydrogen) atoms. The summed E-state index contributed by atoms with van der Waals surface area (Å²) in [6, 6.07) is 0.104. The van der Waals surface area contributed by atoms with Gasteiger partial charge in [-0.25, -0.2) is 4.79 Å². The average Bonchev–Trinajstić information content (AvgIpc) is 2.42. The Hall–Kier alpha value is -1.30. The molecule has 1 aliphatic rings. The third kappa shape index (κ3) is 6.33. The van der Waals surface area contributed by atoms with Crippen LogP contribution in [0.2, 0.25) is 0 Å². The summed E-state index contributed by atoms with van der Waals surface area (Å²) in [5, 5.41) is 8.83. The summed E-state index contributed by atoms with van der Waals surface area (Å²) in [7, 11) is 4.01. The minimum atomic E-state index is -0.738. The number of likely N-dealkylation sites (N-methyl/N-ethyl adjacent to an activating group) is 1. The largest absolute Gasteiger partial charge is 0.481 e. The van der Waals surface area contributed by atoms with Crippen LogP contribution in [0.25, 0.3) is 0 Å². The van der Waals surface area contributed by atoms with Crippen LogP contribution in [0.1, 0.15) is 32.6 Å². The van der Waals surface area contributed by atoms with E-state index in [0.717, 1.165) is 38.9 Å². The highest BCUT2D eigenvalue weighted by Crippen LogP contribution is 2.21. The molecule has 1 aliphatic heterocycles. The number of urea groups is 1. The van der Waals surface area contributed by atoms with Crippen LogP contribution in [-0.2, 0) is 4.79 Å². The van der Waals surface area contributed by atoms with Crippen LogP contribution in [0.4, 0.5) is 4.79 Å². The van der Waals surface area contributed by atoms with E-state index in [2.05, 4.69) is 11.8 Å². The molecule has 2 amide bonds. The number of nitrogens with zero attached hydrogens (tertiary/aromatic N) is 3. The van der Waals surface area contributed by atoms with Gasteiger partial charge in [-0.05, 0) is 39.3 Å². The van der Waals surface area contributed by atoms with Gasteiger partial charge in [0.05, 0.1) is 0 Å². The molecule has 1 saturated heterocycles. The molecular weight excluding hydrogens is 270 g/mol. The molecule has 0 aliphatic carbocycles. The number of aliphatic carboxylic acids is 1. The van der Waals surface area contributed by atoms with Crippen LogP contribution in [0.5, 0.6) is 0 Å². The third-order valence-corrected chi connectivity index (χ3v) is 3.93. The molecule has 0 spiro atoms. The van der Waals surface area contributed by atoms with E-state index in [-0.39, 0.29) is 18.4 Å². The van der Waals surface area contributed by atoms with Crippen molar-refractivity contribution < 1.29 is 14.7 Å². The first kappa shape index (κ1) is 17.8. The molecule has 1 fully saturated rings. The molecule has 6 nitrogen and oxygen atoms in total. The number of likely N-dealkylation sites (tertiary alicyclic amines) is 1. The van der Waals surface area contributed by atoms with Gasteiger partial charge in [0.25, 0.3) is 0 Å². The lowest BCUT2D eigenvalue weighted by Gasteiger charge is -2.35. The zero-order valence-corrected chi connectivity index (χ0v) is 13.5. The summed E-state index contributed by atoms with van der Waals surface area (Å²) in [6.07, 6.45) is 2.77. The summed E-state index contributed by atoms with van der Waals surface area (Å²) in [5.41, 5.74) is 0. The standard InChI is InChI=1S/C15H29N3O3/c1-4-7-17(11-10-16(2)3)15(21)18-8-5-13(6-9-18)12-14(19)20/h13H,4-12H2,1-3H3,(H,19,20). The summed E-state index contributed by atoms with van der Waals surface area (Å²) < 4.78 is 0. The van der Waals surface area contributed by atoms with Gasteiger partial charge >= 0.3 is 12.0 Å². The van der Waals surface area contributed by atoms with Crippen molar-refractivity contribution in [3.63, 3.8) is 0 Å². The molecule has 0 aromatic carbocycles. The normalized spacial score (nSPS) is 16.3. The van der Waals surface area contributed by atoms with Gasteiger partial charge in [0.2, 0.25) is 0 Å². The fourth-order valence-electron chi connectivity index (χ4n) is 2.67. The third-order valence-electron chi connectivity index (χ3n) is 3.93. The Morgan fingerprint density at radius 2 is 1.76 bits per heavy atom. The van der Waals surface area contributed by atoms with Gasteiger partial charge in [-0.1, -0.05) is 6.92 Å². The molecule has 122 valence electrons. The molecule has 1 heterocycles. The first-order valence-corrected chi connectivity index (χ1v) is 7.84. The molecule has 0 saturated carbocycles. The molecule has 6 heteroatoms. The molecule has 1 N–H and O–H groups in total. The predicted octanol–water partition coefficient (Wildman–Crippen LogP) is 1.57. The van der Waals surface area contributed by atoms with Crippen LogP contribution in [-0.4, -0.2) is 78.6 Å². The van der Waals surface area contributed by atoms with Crippen molar-refractivity contribution in [1.29, 1.82) is 0 Å². The van der Waals surface area contributed by atoms with Crippen molar-refractivity contribution in [2.45, 2.75) is 32.6 Å². The van der Waals surface area contributed by atoms with Gasteiger partial charge in [-0.2, -0.15) is 0 Å². The number of carboxylic acids is 1. The number of carbonyl (C=O) groups is 2. The minimum Gasteiger partial charge on any atom is -0.481 e. The maximum atomic E-state index is 12.5. The van der Waals surface area contributed by atoms with Crippen LogP contribution in [0.3, 0.4) is 0 Å². The Morgan fingerprint density at radius 3 is 2.24 bits per heavy atom. The fourth-order valence-corrected chi connectivity index (χ4v) is 2.67. The van der Waals surface area contributed by atoms with E-state index in [0.29, 0.717) is 13.1 Å². The van der Waals surface area contributed by atoms with E-state index < -0.39 is 5.97 Å². The van der Waals surface area contributed by atoms with E-state index in [1.807, 2.05) is 23.9 Å². The number of rotatable bonds is 7. The monoisotopic (exact) mass is 299 g/mol. The number of piperidine rings is 1. The Balaban J connectivity index is 2.47. The van der Waals surface area contributed by atoms with Crippen LogP contribution >= 0.6 is 0 Å². The van der Waals surface area contributed by atoms with Crippen molar-refractivity contribution in [3.05, 3.63) is 0 Å². The van der Waals surface area contributed by atoms with Crippen LogP contribution in [0.15, 0.2) is 0 Å². The van der Waals surface area contributed by atoms with E-state index in [4.69, 9.17) is 5.11 Å². The molecule has 0 atom stereocenters. The highest BCUT2D eigenvalue weighted by molar-refractivity contribution is 5.74. The quantitative estimate of drug-likeness (QED) is 0.775. The zero-order valence-electron chi connectivity index (χ0n) is 13.5. The predicted molar refractivity (Wildman–Crippen MR) is 82.4 cm³/mol.